The minimum absolute atomic E-state index is 0.629. The number of nitrogens with zero attached hydrogens (tertiary/aromatic N) is 5. The highest BCUT2D eigenvalue weighted by Crippen LogP contribution is 2.37. The van der Waals surface area contributed by atoms with Gasteiger partial charge in [0, 0.05) is 26.8 Å². The Balaban J connectivity index is 0.894. The molecule has 0 N–H and O–H groups in total. The number of fused-ring (bicyclic) bond motifs is 4. The molecule has 0 aliphatic carbocycles. The van der Waals surface area contributed by atoms with E-state index in [1.165, 1.54) is 21.4 Å². The van der Waals surface area contributed by atoms with Crippen LogP contribution in [0, 0.1) is 0 Å². The summed E-state index contributed by atoms with van der Waals surface area (Å²) >= 11 is 1.70. The quantitative estimate of drug-likeness (QED) is 0.161. The van der Waals surface area contributed by atoms with E-state index in [2.05, 4.69) is 140 Å². The van der Waals surface area contributed by atoms with E-state index >= 15 is 0 Å². The molecule has 11 rings (SSSR count). The lowest BCUT2D eigenvalue weighted by molar-refractivity contribution is 1.07. The summed E-state index contributed by atoms with van der Waals surface area (Å²) in [5.41, 5.74) is 14.8. The average molecular weight is 772 g/mol. The van der Waals surface area contributed by atoms with Crippen molar-refractivity contribution in [3.8, 4) is 78.7 Å². The first-order chi connectivity index (χ1) is 29.2. The van der Waals surface area contributed by atoms with Crippen LogP contribution in [-0.4, -0.2) is 24.9 Å². The number of para-hydroxylation sites is 2. The van der Waals surface area contributed by atoms with Crippen molar-refractivity contribution in [1.82, 2.24) is 24.9 Å². The molecule has 0 saturated heterocycles. The van der Waals surface area contributed by atoms with E-state index in [0.29, 0.717) is 17.5 Å². The van der Waals surface area contributed by atoms with Crippen LogP contribution in [0.2, 0.25) is 0 Å². The molecular formula is C53H33N5S. The molecule has 0 fully saturated rings. The van der Waals surface area contributed by atoms with Crippen LogP contribution in [0.4, 0.5) is 0 Å². The SMILES string of the molecule is c1ccc(-c2ccc(-c3nc(-c4ccccc4)nc(-c4cccc(-c5cccc(-c6ccc(-c7ccc8c(c7)sc7nc9ccccc9nc78)cc6)c5)c4)n3)cc2)cc1. The molecule has 0 radical (unpaired) electrons. The maximum Gasteiger partial charge on any atom is 0.164 e. The first-order valence-electron chi connectivity index (χ1n) is 19.6. The number of rotatable bonds is 7. The lowest BCUT2D eigenvalue weighted by atomic mass is 9.96. The third-order valence-electron chi connectivity index (χ3n) is 10.8. The molecule has 276 valence electrons. The van der Waals surface area contributed by atoms with Crippen molar-refractivity contribution >= 4 is 42.8 Å². The van der Waals surface area contributed by atoms with E-state index in [1.807, 2.05) is 60.7 Å². The van der Waals surface area contributed by atoms with Gasteiger partial charge in [-0.2, -0.15) is 0 Å². The Kier molecular flexibility index (Phi) is 8.60. The first-order valence-corrected chi connectivity index (χ1v) is 20.4. The monoisotopic (exact) mass is 771 g/mol. The van der Waals surface area contributed by atoms with E-state index in [-0.39, 0.29) is 0 Å². The second kappa shape index (κ2) is 14.7. The lowest BCUT2D eigenvalue weighted by Gasteiger charge is -2.11. The second-order valence-corrected chi connectivity index (χ2v) is 15.6. The molecule has 6 heteroatoms. The maximum atomic E-state index is 5.05. The Labute approximate surface area is 345 Å². The predicted octanol–water partition coefficient (Wildman–Crippen LogP) is 13.9. The Morgan fingerprint density at radius 2 is 0.661 bits per heavy atom. The number of hydrogen-bond acceptors (Lipinski definition) is 6. The molecule has 59 heavy (non-hydrogen) atoms. The topological polar surface area (TPSA) is 64.5 Å². The van der Waals surface area contributed by atoms with Crippen LogP contribution in [0.3, 0.4) is 0 Å². The van der Waals surface area contributed by atoms with Gasteiger partial charge in [-0.15, -0.1) is 11.3 Å². The molecular weight excluding hydrogens is 739 g/mol. The fourth-order valence-corrected chi connectivity index (χ4v) is 8.75. The van der Waals surface area contributed by atoms with Crippen LogP contribution in [0.15, 0.2) is 200 Å². The van der Waals surface area contributed by atoms with Crippen molar-refractivity contribution < 1.29 is 0 Å². The van der Waals surface area contributed by atoms with Gasteiger partial charge in [-0.1, -0.05) is 170 Å². The van der Waals surface area contributed by atoms with Gasteiger partial charge in [-0.25, -0.2) is 24.9 Å². The van der Waals surface area contributed by atoms with Gasteiger partial charge in [0.15, 0.2) is 17.5 Å². The van der Waals surface area contributed by atoms with Crippen molar-refractivity contribution in [3.05, 3.63) is 200 Å². The molecule has 0 atom stereocenters. The lowest BCUT2D eigenvalue weighted by Crippen LogP contribution is -2.00. The molecule has 0 spiro atoms. The van der Waals surface area contributed by atoms with Gasteiger partial charge in [0.1, 0.15) is 10.3 Å². The van der Waals surface area contributed by atoms with Gasteiger partial charge in [0.2, 0.25) is 0 Å². The van der Waals surface area contributed by atoms with Crippen LogP contribution >= 0.6 is 11.3 Å². The molecule has 3 heterocycles. The highest BCUT2D eigenvalue weighted by atomic mass is 32.1. The van der Waals surface area contributed by atoms with Crippen LogP contribution in [-0.2, 0) is 0 Å². The molecule has 0 unspecified atom stereocenters. The summed E-state index contributed by atoms with van der Waals surface area (Å²) < 4.78 is 1.19. The summed E-state index contributed by atoms with van der Waals surface area (Å²) in [6, 6.07) is 69.6. The Hall–Kier alpha value is -7.67. The highest BCUT2D eigenvalue weighted by Gasteiger charge is 2.15. The zero-order chi connectivity index (χ0) is 39.1. The van der Waals surface area contributed by atoms with E-state index in [0.717, 1.165) is 71.3 Å². The third-order valence-corrected chi connectivity index (χ3v) is 11.8. The van der Waals surface area contributed by atoms with Crippen molar-refractivity contribution in [2.45, 2.75) is 0 Å². The zero-order valence-corrected chi connectivity index (χ0v) is 32.5. The van der Waals surface area contributed by atoms with Crippen molar-refractivity contribution in [2.75, 3.05) is 0 Å². The van der Waals surface area contributed by atoms with E-state index in [1.54, 1.807) is 11.3 Å². The highest BCUT2D eigenvalue weighted by molar-refractivity contribution is 7.25. The summed E-state index contributed by atoms with van der Waals surface area (Å²) in [7, 11) is 0. The number of hydrogen-bond donors (Lipinski definition) is 0. The van der Waals surface area contributed by atoms with Crippen molar-refractivity contribution in [1.29, 1.82) is 0 Å². The van der Waals surface area contributed by atoms with Crippen molar-refractivity contribution in [3.63, 3.8) is 0 Å². The molecule has 0 aliphatic rings. The zero-order valence-electron chi connectivity index (χ0n) is 31.7. The second-order valence-electron chi connectivity index (χ2n) is 14.5. The maximum absolute atomic E-state index is 5.05. The standard InChI is InChI=1S/C53H33N5S/c1-3-11-34(12-4-1)35-25-27-39(28-26-35)51-56-50(38-13-5-2-6-14-38)57-52(58-51)44-18-10-17-42(32-44)41-16-9-15-40(31-41)36-21-23-37(24-22-36)43-29-30-45-48(33-43)59-53-49(45)54-46-19-7-8-20-47(46)55-53/h1-33H. The van der Waals surface area contributed by atoms with Gasteiger partial charge in [-0.05, 0) is 74.8 Å². The largest absolute Gasteiger partial charge is 0.243 e. The first kappa shape index (κ1) is 34.6. The molecule has 0 amide bonds. The van der Waals surface area contributed by atoms with Gasteiger partial charge in [0.25, 0.3) is 0 Å². The van der Waals surface area contributed by atoms with Gasteiger partial charge >= 0.3 is 0 Å². The third kappa shape index (κ3) is 6.71. The molecule has 0 aliphatic heterocycles. The fourth-order valence-electron chi connectivity index (χ4n) is 7.68. The number of aromatic nitrogens is 5. The minimum atomic E-state index is 0.629. The molecule has 5 nitrogen and oxygen atoms in total. The fraction of sp³-hybridized carbons (Fsp3) is 0. The molecule has 8 aromatic carbocycles. The van der Waals surface area contributed by atoms with E-state index in [9.17, 15) is 0 Å². The van der Waals surface area contributed by atoms with E-state index < -0.39 is 0 Å². The Bertz CT molecular complexity index is 3310. The van der Waals surface area contributed by atoms with Crippen molar-refractivity contribution in [2.24, 2.45) is 0 Å². The van der Waals surface area contributed by atoms with Crippen LogP contribution in [0.1, 0.15) is 0 Å². The average Bonchev–Trinajstić information content (AvgIpc) is 3.68. The summed E-state index contributed by atoms with van der Waals surface area (Å²) in [4.78, 5) is 25.8. The number of benzene rings is 8. The smallest absolute Gasteiger partial charge is 0.164 e. The van der Waals surface area contributed by atoms with Gasteiger partial charge in [-0.3, -0.25) is 0 Å². The van der Waals surface area contributed by atoms with Crippen LogP contribution in [0.5, 0.6) is 0 Å². The predicted molar refractivity (Wildman–Crippen MR) is 244 cm³/mol. The molecule has 3 aromatic heterocycles. The van der Waals surface area contributed by atoms with Crippen LogP contribution < -0.4 is 0 Å². The normalized spacial score (nSPS) is 11.4. The summed E-state index contributed by atoms with van der Waals surface area (Å²) in [6.07, 6.45) is 0. The number of thiophene rings is 1. The minimum Gasteiger partial charge on any atom is -0.243 e. The molecule has 0 bridgehead atoms. The molecule has 11 aromatic rings. The van der Waals surface area contributed by atoms with Crippen LogP contribution in [0.25, 0.3) is 110 Å². The Morgan fingerprint density at radius 3 is 1.29 bits per heavy atom. The Morgan fingerprint density at radius 1 is 0.271 bits per heavy atom. The summed E-state index contributed by atoms with van der Waals surface area (Å²) in [5.74, 6) is 1.90. The molecule has 0 saturated carbocycles. The summed E-state index contributed by atoms with van der Waals surface area (Å²) in [6.45, 7) is 0. The summed E-state index contributed by atoms with van der Waals surface area (Å²) in [5, 5.41) is 1.14. The van der Waals surface area contributed by atoms with Gasteiger partial charge in [0.05, 0.1) is 11.0 Å². The van der Waals surface area contributed by atoms with Gasteiger partial charge < -0.3 is 0 Å². The van der Waals surface area contributed by atoms with E-state index in [4.69, 9.17) is 24.9 Å².